The van der Waals surface area contributed by atoms with Gasteiger partial charge in [-0.2, -0.15) is 0 Å². The molecule has 2 rings (SSSR count). The van der Waals surface area contributed by atoms with Gasteiger partial charge in [-0.1, -0.05) is 12.1 Å². The number of carbonyl (C=O) groups is 2. The van der Waals surface area contributed by atoms with Crippen molar-refractivity contribution >= 4 is 11.9 Å². The predicted octanol–water partition coefficient (Wildman–Crippen LogP) is 2.09. The highest BCUT2D eigenvalue weighted by molar-refractivity contribution is 5.81. The molecular weight excluding hydrogens is 270 g/mol. The number of nitrogens with zero attached hydrogens (tertiary/aromatic N) is 1. The molecule has 1 amide bonds. The summed E-state index contributed by atoms with van der Waals surface area (Å²) < 4.78 is 5.54. The van der Waals surface area contributed by atoms with Crippen LogP contribution < -0.4 is 4.74 Å². The van der Waals surface area contributed by atoms with Crippen molar-refractivity contribution in [2.45, 2.75) is 26.2 Å². The number of hydrogen-bond donors (Lipinski definition) is 1. The van der Waals surface area contributed by atoms with Crippen molar-refractivity contribution < 1.29 is 19.4 Å². The van der Waals surface area contributed by atoms with Crippen molar-refractivity contribution in [3.63, 3.8) is 0 Å². The quantitative estimate of drug-likeness (QED) is 0.796. The molecule has 0 heterocycles. The summed E-state index contributed by atoms with van der Waals surface area (Å²) in [7, 11) is 0. The number of benzene rings is 1. The third-order valence-electron chi connectivity index (χ3n) is 3.43. The lowest BCUT2D eigenvalue weighted by Crippen LogP contribution is -2.37. The summed E-state index contributed by atoms with van der Waals surface area (Å²) >= 11 is 0. The first-order valence-electron chi connectivity index (χ1n) is 7.23. The number of carboxylic acids is 1. The highest BCUT2D eigenvalue weighted by Crippen LogP contribution is 2.29. The van der Waals surface area contributed by atoms with Gasteiger partial charge in [-0.05, 0) is 43.4 Å². The second-order valence-corrected chi connectivity index (χ2v) is 5.53. The molecule has 1 N–H and O–H groups in total. The number of aryl methyl sites for hydroxylation is 1. The van der Waals surface area contributed by atoms with E-state index in [-0.39, 0.29) is 25.5 Å². The van der Waals surface area contributed by atoms with Gasteiger partial charge in [0.25, 0.3) is 0 Å². The van der Waals surface area contributed by atoms with Crippen molar-refractivity contribution in [2.24, 2.45) is 5.92 Å². The Labute approximate surface area is 124 Å². The first-order chi connectivity index (χ1) is 10.0. The van der Waals surface area contributed by atoms with Crippen LogP contribution in [0.3, 0.4) is 0 Å². The topological polar surface area (TPSA) is 66.8 Å². The summed E-state index contributed by atoms with van der Waals surface area (Å²) in [6, 6.07) is 7.62. The van der Waals surface area contributed by atoms with Crippen molar-refractivity contribution in [1.29, 1.82) is 0 Å². The molecule has 0 saturated heterocycles. The third-order valence-corrected chi connectivity index (χ3v) is 3.43. The summed E-state index contributed by atoms with van der Waals surface area (Å²) in [6.07, 6.45) is 2.38. The fraction of sp³-hybridized carbons (Fsp3) is 0.500. The number of amides is 1. The second kappa shape index (κ2) is 7.11. The van der Waals surface area contributed by atoms with E-state index in [9.17, 15) is 9.59 Å². The van der Waals surface area contributed by atoms with Crippen molar-refractivity contribution in [1.82, 2.24) is 4.90 Å². The van der Waals surface area contributed by atoms with E-state index >= 15 is 0 Å². The molecule has 1 aromatic rings. The molecule has 1 aliphatic carbocycles. The number of aliphatic carboxylic acids is 1. The highest BCUT2D eigenvalue weighted by Gasteiger charge is 2.27. The van der Waals surface area contributed by atoms with Crippen LogP contribution in [0.5, 0.6) is 5.75 Å². The maximum atomic E-state index is 12.1. The Morgan fingerprint density at radius 2 is 2.14 bits per heavy atom. The van der Waals surface area contributed by atoms with Gasteiger partial charge < -0.3 is 14.7 Å². The number of carboxylic acid groups (broad SMARTS) is 1. The molecule has 0 atom stereocenters. The van der Waals surface area contributed by atoms with Crippen LogP contribution in [0.25, 0.3) is 0 Å². The average Bonchev–Trinajstić information content (AvgIpc) is 3.21. The lowest BCUT2D eigenvalue weighted by atomic mass is 10.2. The molecule has 0 aromatic heterocycles. The summed E-state index contributed by atoms with van der Waals surface area (Å²) in [5.41, 5.74) is 1.10. The zero-order valence-corrected chi connectivity index (χ0v) is 12.2. The minimum atomic E-state index is -0.969. The molecule has 114 valence electrons. The minimum Gasteiger partial charge on any atom is -0.493 e. The van der Waals surface area contributed by atoms with Crippen LogP contribution in [0.2, 0.25) is 0 Å². The number of carbonyl (C=O) groups excluding carboxylic acids is 1. The van der Waals surface area contributed by atoms with Gasteiger partial charge in [-0.25, -0.2) is 0 Å². The average molecular weight is 291 g/mol. The Morgan fingerprint density at radius 3 is 2.76 bits per heavy atom. The van der Waals surface area contributed by atoms with Crippen LogP contribution >= 0.6 is 0 Å². The highest BCUT2D eigenvalue weighted by atomic mass is 16.5. The van der Waals surface area contributed by atoms with Crippen molar-refractivity contribution in [3.8, 4) is 5.75 Å². The Morgan fingerprint density at radius 1 is 1.38 bits per heavy atom. The van der Waals surface area contributed by atoms with Gasteiger partial charge in [-0.15, -0.1) is 0 Å². The maximum absolute atomic E-state index is 12.1. The van der Waals surface area contributed by atoms with Crippen LogP contribution in [-0.4, -0.2) is 41.6 Å². The summed E-state index contributed by atoms with van der Waals surface area (Å²) in [5, 5.41) is 8.87. The van der Waals surface area contributed by atoms with Crippen LogP contribution in [-0.2, 0) is 9.59 Å². The Hall–Kier alpha value is -2.04. The SMILES string of the molecule is Cc1cccc(OCCC(=O)N(CC(=O)O)CC2CC2)c1. The smallest absolute Gasteiger partial charge is 0.323 e. The largest absolute Gasteiger partial charge is 0.493 e. The van der Waals surface area contributed by atoms with Gasteiger partial charge in [0.15, 0.2) is 0 Å². The Kier molecular flexibility index (Phi) is 5.20. The number of hydrogen-bond acceptors (Lipinski definition) is 3. The maximum Gasteiger partial charge on any atom is 0.323 e. The van der Waals surface area contributed by atoms with Gasteiger partial charge >= 0.3 is 5.97 Å². The molecule has 5 heteroatoms. The molecule has 0 bridgehead atoms. The first kappa shape index (κ1) is 15.4. The van der Waals surface area contributed by atoms with E-state index in [1.165, 1.54) is 4.90 Å². The van der Waals surface area contributed by atoms with E-state index in [4.69, 9.17) is 9.84 Å². The zero-order valence-electron chi connectivity index (χ0n) is 12.2. The molecule has 1 aliphatic rings. The Bertz CT molecular complexity index is 511. The van der Waals surface area contributed by atoms with Gasteiger partial charge in [0, 0.05) is 6.54 Å². The minimum absolute atomic E-state index is 0.156. The van der Waals surface area contributed by atoms with E-state index < -0.39 is 5.97 Å². The van der Waals surface area contributed by atoms with Crippen LogP contribution in [0.1, 0.15) is 24.8 Å². The monoisotopic (exact) mass is 291 g/mol. The van der Waals surface area contributed by atoms with Crippen molar-refractivity contribution in [3.05, 3.63) is 29.8 Å². The fourth-order valence-corrected chi connectivity index (χ4v) is 2.15. The molecule has 1 fully saturated rings. The lowest BCUT2D eigenvalue weighted by molar-refractivity contribution is -0.144. The molecule has 5 nitrogen and oxygen atoms in total. The molecule has 0 spiro atoms. The third kappa shape index (κ3) is 5.45. The summed E-state index contributed by atoms with van der Waals surface area (Å²) in [5.74, 6) is 0.0846. The number of rotatable bonds is 8. The molecule has 0 unspecified atom stereocenters. The van der Waals surface area contributed by atoms with E-state index in [0.717, 1.165) is 24.2 Å². The van der Waals surface area contributed by atoms with Crippen LogP contribution in [0, 0.1) is 12.8 Å². The molecule has 0 radical (unpaired) electrons. The van der Waals surface area contributed by atoms with Gasteiger partial charge in [0.05, 0.1) is 13.0 Å². The molecule has 21 heavy (non-hydrogen) atoms. The fourth-order valence-electron chi connectivity index (χ4n) is 2.15. The zero-order chi connectivity index (χ0) is 15.2. The molecule has 1 saturated carbocycles. The van der Waals surface area contributed by atoms with Gasteiger partial charge in [0.1, 0.15) is 12.3 Å². The predicted molar refractivity (Wildman–Crippen MR) is 78.2 cm³/mol. The number of ether oxygens (including phenoxy) is 1. The molecule has 1 aromatic carbocycles. The second-order valence-electron chi connectivity index (χ2n) is 5.53. The van der Waals surface area contributed by atoms with Crippen molar-refractivity contribution in [2.75, 3.05) is 19.7 Å². The van der Waals surface area contributed by atoms with Gasteiger partial charge in [-0.3, -0.25) is 9.59 Å². The summed E-state index contributed by atoms with van der Waals surface area (Å²) in [6.45, 7) is 2.57. The van der Waals surface area contributed by atoms with Crippen LogP contribution in [0.15, 0.2) is 24.3 Å². The van der Waals surface area contributed by atoms with E-state index in [0.29, 0.717) is 12.5 Å². The summed E-state index contributed by atoms with van der Waals surface area (Å²) in [4.78, 5) is 24.3. The normalized spacial score (nSPS) is 13.8. The Balaban J connectivity index is 1.79. The lowest BCUT2D eigenvalue weighted by Gasteiger charge is -2.20. The van der Waals surface area contributed by atoms with E-state index in [1.807, 2.05) is 31.2 Å². The first-order valence-corrected chi connectivity index (χ1v) is 7.23. The van der Waals surface area contributed by atoms with E-state index in [2.05, 4.69) is 0 Å². The van der Waals surface area contributed by atoms with Gasteiger partial charge in [0.2, 0.25) is 5.91 Å². The van der Waals surface area contributed by atoms with Crippen LogP contribution in [0.4, 0.5) is 0 Å². The standard InChI is InChI=1S/C16H21NO4/c1-12-3-2-4-14(9-12)21-8-7-15(18)17(11-16(19)20)10-13-5-6-13/h2-4,9,13H,5-8,10-11H2,1H3,(H,19,20). The van der Waals surface area contributed by atoms with E-state index in [1.54, 1.807) is 0 Å². The molecule has 0 aliphatic heterocycles. The molecular formula is C16H21NO4.